The van der Waals surface area contributed by atoms with Gasteiger partial charge in [-0.2, -0.15) is 0 Å². The molecule has 2 nitrogen and oxygen atoms in total. The molecule has 58 heavy (non-hydrogen) atoms. The van der Waals surface area contributed by atoms with Crippen molar-refractivity contribution in [3.05, 3.63) is 230 Å². The Balaban J connectivity index is 1.24. The highest BCUT2D eigenvalue weighted by Crippen LogP contribution is 2.47. The maximum absolute atomic E-state index is 2.47. The zero-order chi connectivity index (χ0) is 39.0. The molecule has 10 rings (SSSR count). The van der Waals surface area contributed by atoms with E-state index in [1.54, 1.807) is 0 Å². The van der Waals surface area contributed by atoms with Crippen LogP contribution in [0, 0.1) is 13.8 Å². The number of aromatic nitrogens is 1. The molecule has 0 N–H and O–H groups in total. The van der Waals surface area contributed by atoms with Gasteiger partial charge in [0.05, 0.1) is 28.1 Å². The van der Waals surface area contributed by atoms with Crippen LogP contribution in [0.4, 0.5) is 17.1 Å². The van der Waals surface area contributed by atoms with Gasteiger partial charge in [0.25, 0.3) is 0 Å². The number of aryl methyl sites for hydroxylation is 2. The van der Waals surface area contributed by atoms with Crippen molar-refractivity contribution in [3.63, 3.8) is 0 Å². The van der Waals surface area contributed by atoms with E-state index in [1.165, 1.54) is 66.4 Å². The first-order valence-corrected chi connectivity index (χ1v) is 20.0. The van der Waals surface area contributed by atoms with Crippen LogP contribution < -0.4 is 4.90 Å². The molecule has 0 fully saturated rings. The van der Waals surface area contributed by atoms with E-state index >= 15 is 0 Å². The second-order valence-electron chi connectivity index (χ2n) is 15.1. The van der Waals surface area contributed by atoms with Crippen molar-refractivity contribution in [2.45, 2.75) is 13.8 Å². The van der Waals surface area contributed by atoms with Gasteiger partial charge in [0.1, 0.15) is 0 Å². The minimum absolute atomic E-state index is 1.09. The lowest BCUT2D eigenvalue weighted by Gasteiger charge is -2.29. The summed E-state index contributed by atoms with van der Waals surface area (Å²) in [6.45, 7) is 4.29. The Kier molecular flexibility index (Phi) is 9.01. The average molecular weight is 743 g/mol. The Hall–Kier alpha value is -7.42. The molecule has 0 amide bonds. The van der Waals surface area contributed by atoms with E-state index in [-0.39, 0.29) is 0 Å². The normalized spacial score (nSPS) is 11.3. The van der Waals surface area contributed by atoms with Crippen LogP contribution in [0.3, 0.4) is 0 Å². The molecule has 2 heteroatoms. The van der Waals surface area contributed by atoms with Gasteiger partial charge in [0, 0.05) is 27.6 Å². The molecule has 0 saturated carbocycles. The highest BCUT2D eigenvalue weighted by atomic mass is 15.2. The molecule has 0 saturated heterocycles. The van der Waals surface area contributed by atoms with Crippen molar-refractivity contribution in [3.8, 4) is 50.2 Å². The third-order valence-electron chi connectivity index (χ3n) is 11.4. The summed E-state index contributed by atoms with van der Waals surface area (Å²) in [6, 6.07) is 79.6. The van der Waals surface area contributed by atoms with E-state index in [0.29, 0.717) is 0 Å². The van der Waals surface area contributed by atoms with Crippen molar-refractivity contribution >= 4 is 38.9 Å². The van der Waals surface area contributed by atoms with Gasteiger partial charge in [-0.25, -0.2) is 0 Å². The average Bonchev–Trinajstić information content (AvgIpc) is 3.63. The smallest absolute Gasteiger partial charge is 0.0562 e. The first-order chi connectivity index (χ1) is 28.6. The molecule has 0 aliphatic rings. The number of benzene rings is 9. The first-order valence-electron chi connectivity index (χ1n) is 20.0. The quantitative estimate of drug-likeness (QED) is 0.150. The molecular weight excluding hydrogens is 701 g/mol. The molecule has 1 aromatic heterocycles. The lowest BCUT2D eigenvalue weighted by atomic mass is 9.96. The molecule has 276 valence electrons. The third-order valence-corrected chi connectivity index (χ3v) is 11.4. The van der Waals surface area contributed by atoms with Gasteiger partial charge in [-0.15, -0.1) is 0 Å². The van der Waals surface area contributed by atoms with Gasteiger partial charge in [-0.1, -0.05) is 181 Å². The van der Waals surface area contributed by atoms with Crippen LogP contribution in [0.25, 0.3) is 72.0 Å². The largest absolute Gasteiger partial charge is 0.309 e. The van der Waals surface area contributed by atoms with Crippen LogP contribution in [0.1, 0.15) is 11.1 Å². The minimum atomic E-state index is 1.09. The SMILES string of the molecule is Cc1ccc(-c2ccc(-n3c4ccccc4c4c(N(c5ccc(-c6ccccc6)cc5)c5ccccc5-c5ccccc5)cccc43)c(-c3ccc(C)cc3)c2)cc1. The second-order valence-corrected chi connectivity index (χ2v) is 15.1. The molecule has 0 bridgehead atoms. The van der Waals surface area contributed by atoms with Crippen molar-refractivity contribution in [2.24, 2.45) is 0 Å². The van der Waals surface area contributed by atoms with Crippen LogP contribution in [-0.2, 0) is 0 Å². The van der Waals surface area contributed by atoms with E-state index in [1.807, 2.05) is 0 Å². The monoisotopic (exact) mass is 742 g/mol. The summed E-state index contributed by atoms with van der Waals surface area (Å²) in [5, 5.41) is 2.40. The fourth-order valence-corrected chi connectivity index (χ4v) is 8.44. The van der Waals surface area contributed by atoms with E-state index in [4.69, 9.17) is 0 Å². The van der Waals surface area contributed by atoms with Crippen LogP contribution in [0.2, 0.25) is 0 Å². The maximum Gasteiger partial charge on any atom is 0.0562 e. The lowest BCUT2D eigenvalue weighted by Crippen LogP contribution is -2.11. The van der Waals surface area contributed by atoms with Crippen molar-refractivity contribution in [1.82, 2.24) is 4.57 Å². The summed E-state index contributed by atoms with van der Waals surface area (Å²) in [5.74, 6) is 0. The number of hydrogen-bond donors (Lipinski definition) is 0. The predicted octanol–water partition coefficient (Wildman–Crippen LogP) is 15.5. The number of para-hydroxylation sites is 2. The molecule has 0 aliphatic heterocycles. The summed E-state index contributed by atoms with van der Waals surface area (Å²) < 4.78 is 2.47. The van der Waals surface area contributed by atoms with Gasteiger partial charge in [0.15, 0.2) is 0 Å². The number of hydrogen-bond acceptors (Lipinski definition) is 1. The fraction of sp³-hybridized carbons (Fsp3) is 0.0357. The van der Waals surface area contributed by atoms with E-state index in [9.17, 15) is 0 Å². The fourth-order valence-electron chi connectivity index (χ4n) is 8.44. The Morgan fingerprint density at radius 2 is 0.845 bits per heavy atom. The van der Waals surface area contributed by atoms with Crippen molar-refractivity contribution in [1.29, 1.82) is 0 Å². The summed E-state index contributed by atoms with van der Waals surface area (Å²) in [7, 11) is 0. The summed E-state index contributed by atoms with van der Waals surface area (Å²) in [5.41, 5.74) is 18.8. The van der Waals surface area contributed by atoms with Crippen LogP contribution >= 0.6 is 0 Å². The van der Waals surface area contributed by atoms with E-state index < -0.39 is 0 Å². The second kappa shape index (κ2) is 14.9. The van der Waals surface area contributed by atoms with Crippen molar-refractivity contribution < 1.29 is 0 Å². The molecule has 0 unspecified atom stereocenters. The molecule has 9 aromatic carbocycles. The van der Waals surface area contributed by atoms with Gasteiger partial charge in [0.2, 0.25) is 0 Å². The van der Waals surface area contributed by atoms with Gasteiger partial charge in [-0.05, 0) is 95.8 Å². The number of anilines is 3. The van der Waals surface area contributed by atoms with Gasteiger partial charge in [-0.3, -0.25) is 0 Å². The third kappa shape index (κ3) is 6.35. The summed E-state index contributed by atoms with van der Waals surface area (Å²) >= 11 is 0. The standard InChI is InChI=1S/C56H42N2/c1-39-24-28-43(29-25-39)46-34-37-53(50(38-46)45-30-26-40(2)27-31-45)58-52-21-12-10-19-49(52)56-54(22-13-23-55(56)58)57(47-35-32-42(33-36-47)41-14-5-3-6-15-41)51-20-11-9-18-48(51)44-16-7-4-8-17-44/h3-38H,1-2H3. The number of fused-ring (bicyclic) bond motifs is 3. The Labute approximate surface area is 340 Å². The Morgan fingerprint density at radius 3 is 1.57 bits per heavy atom. The molecule has 1 heterocycles. The molecule has 0 aliphatic carbocycles. The Bertz CT molecular complexity index is 3030. The topological polar surface area (TPSA) is 8.17 Å². The maximum atomic E-state index is 2.47. The van der Waals surface area contributed by atoms with Crippen LogP contribution in [0.15, 0.2) is 218 Å². The number of nitrogens with zero attached hydrogens (tertiary/aromatic N) is 2. The molecule has 0 spiro atoms. The molecular formula is C56H42N2. The highest BCUT2D eigenvalue weighted by molar-refractivity contribution is 6.17. The molecule has 0 atom stereocenters. The van der Waals surface area contributed by atoms with Gasteiger partial charge >= 0.3 is 0 Å². The van der Waals surface area contributed by atoms with E-state index in [2.05, 4.69) is 242 Å². The summed E-state index contributed by atoms with van der Waals surface area (Å²) in [6.07, 6.45) is 0. The zero-order valence-corrected chi connectivity index (χ0v) is 32.7. The van der Waals surface area contributed by atoms with Crippen LogP contribution in [-0.4, -0.2) is 4.57 Å². The molecule has 0 radical (unpaired) electrons. The first kappa shape index (κ1) is 35.0. The predicted molar refractivity (Wildman–Crippen MR) is 247 cm³/mol. The molecule has 10 aromatic rings. The Morgan fingerprint density at radius 1 is 0.345 bits per heavy atom. The van der Waals surface area contributed by atoms with Crippen LogP contribution in [0.5, 0.6) is 0 Å². The number of rotatable bonds is 8. The zero-order valence-electron chi connectivity index (χ0n) is 32.7. The minimum Gasteiger partial charge on any atom is -0.309 e. The lowest BCUT2D eigenvalue weighted by molar-refractivity contribution is 1.18. The highest BCUT2D eigenvalue weighted by Gasteiger charge is 2.24. The van der Waals surface area contributed by atoms with Gasteiger partial charge < -0.3 is 9.47 Å². The van der Waals surface area contributed by atoms with Crippen molar-refractivity contribution in [2.75, 3.05) is 4.90 Å². The summed E-state index contributed by atoms with van der Waals surface area (Å²) in [4.78, 5) is 2.46. The van der Waals surface area contributed by atoms with E-state index in [0.717, 1.165) is 33.8 Å².